The molecule has 0 fully saturated rings. The van der Waals surface area contributed by atoms with Gasteiger partial charge in [0.1, 0.15) is 0 Å². The van der Waals surface area contributed by atoms with Crippen molar-refractivity contribution in [1.29, 1.82) is 0 Å². The lowest BCUT2D eigenvalue weighted by Crippen LogP contribution is -2.37. The molecule has 28 heavy (non-hydrogen) atoms. The molecule has 144 valence electrons. The van der Waals surface area contributed by atoms with Crippen LogP contribution in [0.25, 0.3) is 5.70 Å². The molecule has 3 heterocycles. The van der Waals surface area contributed by atoms with E-state index in [-0.39, 0.29) is 6.04 Å². The maximum Gasteiger partial charge on any atom is 0.0814 e. The van der Waals surface area contributed by atoms with Gasteiger partial charge in [-0.05, 0) is 48.7 Å². The van der Waals surface area contributed by atoms with Gasteiger partial charge in [-0.15, -0.1) is 5.53 Å². The Bertz CT molecular complexity index is 952. The summed E-state index contributed by atoms with van der Waals surface area (Å²) in [5.41, 5.74) is 16.9. The number of nitrogens with zero attached hydrogens (tertiary/aromatic N) is 2. The van der Waals surface area contributed by atoms with E-state index in [1.807, 2.05) is 30.5 Å². The van der Waals surface area contributed by atoms with Crippen molar-refractivity contribution < 1.29 is 0 Å². The van der Waals surface area contributed by atoms with Gasteiger partial charge in [0.2, 0.25) is 0 Å². The van der Waals surface area contributed by atoms with Crippen molar-refractivity contribution >= 4 is 29.2 Å². The van der Waals surface area contributed by atoms with Crippen LogP contribution < -0.4 is 21.7 Å². The van der Waals surface area contributed by atoms with E-state index in [0.29, 0.717) is 5.92 Å². The number of benzene rings is 2. The van der Waals surface area contributed by atoms with Gasteiger partial charge in [-0.3, -0.25) is 5.01 Å². The van der Waals surface area contributed by atoms with E-state index in [4.69, 9.17) is 11.6 Å². The summed E-state index contributed by atoms with van der Waals surface area (Å²) in [6, 6.07) is 14.9. The Morgan fingerprint density at radius 3 is 2.82 bits per heavy atom. The standard InChI is InChI=1S/C21H23ClN6/c1-13-21-18-7-2-14(15-11-23-24-12-15)10-19(18)20(8-9-28(21)27-26-13)25-17-5-3-16(22)4-6-17/h2-7,10-11,15,20,24-27H,8-9,12H2,1H3. The fourth-order valence-corrected chi connectivity index (χ4v) is 4.29. The van der Waals surface area contributed by atoms with Crippen LogP contribution in [0.3, 0.4) is 0 Å². The molecular weight excluding hydrogens is 372 g/mol. The molecule has 4 N–H and O–H groups in total. The van der Waals surface area contributed by atoms with Gasteiger partial charge >= 0.3 is 0 Å². The Hall–Kier alpha value is -2.70. The molecule has 3 aliphatic rings. The van der Waals surface area contributed by atoms with Gasteiger partial charge in [0.15, 0.2) is 0 Å². The number of hydrogen-bond acceptors (Lipinski definition) is 6. The highest BCUT2D eigenvalue weighted by Crippen LogP contribution is 2.38. The lowest BCUT2D eigenvalue weighted by atomic mass is 9.90. The van der Waals surface area contributed by atoms with Crippen LogP contribution in [0.15, 0.2) is 53.3 Å². The van der Waals surface area contributed by atoms with Gasteiger partial charge in [0.05, 0.1) is 17.4 Å². The molecule has 2 unspecified atom stereocenters. The summed E-state index contributed by atoms with van der Waals surface area (Å²) in [5, 5.41) is 10.9. The fraction of sp³-hybridized carbons (Fsp3) is 0.286. The Kier molecular flexibility index (Phi) is 4.37. The van der Waals surface area contributed by atoms with Gasteiger partial charge in [-0.1, -0.05) is 29.8 Å². The highest BCUT2D eigenvalue weighted by atomic mass is 35.5. The lowest BCUT2D eigenvalue weighted by Gasteiger charge is -2.22. The first-order chi connectivity index (χ1) is 13.7. The van der Waals surface area contributed by atoms with Gasteiger partial charge in [0, 0.05) is 41.5 Å². The topological polar surface area (TPSA) is 63.7 Å². The number of hydrogen-bond donors (Lipinski definition) is 4. The largest absolute Gasteiger partial charge is 0.378 e. The Balaban J connectivity index is 1.57. The second-order valence-electron chi connectivity index (χ2n) is 7.45. The van der Waals surface area contributed by atoms with Gasteiger partial charge in [0.25, 0.3) is 0 Å². The third-order valence-electron chi connectivity index (χ3n) is 5.62. The van der Waals surface area contributed by atoms with Crippen LogP contribution in [0, 0.1) is 0 Å². The zero-order chi connectivity index (χ0) is 19.1. The molecule has 0 spiro atoms. The van der Waals surface area contributed by atoms with Crippen molar-refractivity contribution in [3.8, 4) is 0 Å². The van der Waals surface area contributed by atoms with E-state index >= 15 is 0 Å². The SMILES string of the molecule is CC1=C2c3ccc(C4C=NNC4)cc3C(Nc3ccc(Cl)cc3)CCN2NN1. The quantitative estimate of drug-likeness (QED) is 0.641. The molecule has 5 rings (SSSR count). The molecule has 2 aromatic rings. The molecular formula is C21H23ClN6. The predicted octanol–water partition coefficient (Wildman–Crippen LogP) is 3.58. The van der Waals surface area contributed by atoms with Gasteiger partial charge < -0.3 is 16.2 Å². The molecule has 3 aliphatic heterocycles. The normalized spacial score (nSPS) is 23.0. The maximum atomic E-state index is 6.06. The summed E-state index contributed by atoms with van der Waals surface area (Å²) < 4.78 is 0. The molecule has 2 aromatic carbocycles. The number of rotatable bonds is 3. The number of allylic oxidation sites excluding steroid dienone is 1. The van der Waals surface area contributed by atoms with Crippen molar-refractivity contribution in [2.75, 3.05) is 18.4 Å². The summed E-state index contributed by atoms with van der Waals surface area (Å²) in [7, 11) is 0. The molecule has 0 aliphatic carbocycles. The number of nitrogens with one attached hydrogen (secondary N) is 4. The van der Waals surface area contributed by atoms with Crippen molar-refractivity contribution in [3.63, 3.8) is 0 Å². The van der Waals surface area contributed by atoms with E-state index < -0.39 is 0 Å². The summed E-state index contributed by atoms with van der Waals surface area (Å²) in [6.07, 6.45) is 2.97. The second-order valence-corrected chi connectivity index (χ2v) is 7.88. The zero-order valence-electron chi connectivity index (χ0n) is 15.7. The summed E-state index contributed by atoms with van der Waals surface area (Å²) in [5.74, 6) is 0.316. The number of hydrazine groups is 2. The van der Waals surface area contributed by atoms with Crippen molar-refractivity contribution in [2.45, 2.75) is 25.3 Å². The first-order valence-corrected chi connectivity index (χ1v) is 9.99. The van der Waals surface area contributed by atoms with Crippen LogP contribution in [0.2, 0.25) is 5.02 Å². The Labute approximate surface area is 169 Å². The van der Waals surface area contributed by atoms with E-state index in [1.54, 1.807) is 0 Å². The minimum Gasteiger partial charge on any atom is -0.378 e. The molecule has 0 saturated heterocycles. The third-order valence-corrected chi connectivity index (χ3v) is 5.87. The Morgan fingerprint density at radius 1 is 1.18 bits per heavy atom. The summed E-state index contributed by atoms with van der Waals surface area (Å²) in [4.78, 5) is 0. The van der Waals surface area contributed by atoms with Crippen LogP contribution >= 0.6 is 11.6 Å². The lowest BCUT2D eigenvalue weighted by molar-refractivity contribution is 0.281. The first-order valence-electron chi connectivity index (χ1n) is 9.61. The first kappa shape index (κ1) is 17.4. The predicted molar refractivity (Wildman–Crippen MR) is 114 cm³/mol. The van der Waals surface area contributed by atoms with Crippen LogP contribution in [0.4, 0.5) is 5.69 Å². The molecule has 6 nitrogen and oxygen atoms in total. The van der Waals surface area contributed by atoms with E-state index in [1.165, 1.54) is 22.4 Å². The summed E-state index contributed by atoms with van der Waals surface area (Å²) >= 11 is 6.06. The van der Waals surface area contributed by atoms with Crippen LogP contribution in [0.5, 0.6) is 0 Å². The fourth-order valence-electron chi connectivity index (χ4n) is 4.16. The molecule has 2 atom stereocenters. The van der Waals surface area contributed by atoms with Gasteiger partial charge in [-0.2, -0.15) is 5.10 Å². The average Bonchev–Trinajstić information content (AvgIpc) is 3.33. The third kappa shape index (κ3) is 3.08. The monoisotopic (exact) mass is 394 g/mol. The highest BCUT2D eigenvalue weighted by Gasteiger charge is 2.31. The van der Waals surface area contributed by atoms with Crippen LogP contribution in [0.1, 0.15) is 42.0 Å². The van der Waals surface area contributed by atoms with E-state index in [0.717, 1.165) is 35.9 Å². The van der Waals surface area contributed by atoms with Crippen molar-refractivity contribution in [2.24, 2.45) is 5.10 Å². The Morgan fingerprint density at radius 2 is 2.04 bits per heavy atom. The number of fused-ring (bicyclic) bond motifs is 3. The molecule has 0 radical (unpaired) electrons. The minimum atomic E-state index is 0.204. The number of halogens is 1. The van der Waals surface area contributed by atoms with Crippen LogP contribution in [-0.2, 0) is 0 Å². The summed E-state index contributed by atoms with van der Waals surface area (Å²) in [6.45, 7) is 3.87. The molecule has 0 saturated carbocycles. The van der Waals surface area contributed by atoms with E-state index in [2.05, 4.69) is 56.9 Å². The molecule has 7 heteroatoms. The maximum absolute atomic E-state index is 6.06. The zero-order valence-corrected chi connectivity index (χ0v) is 16.4. The minimum absolute atomic E-state index is 0.204. The van der Waals surface area contributed by atoms with E-state index in [9.17, 15) is 0 Å². The average molecular weight is 395 g/mol. The molecule has 0 aromatic heterocycles. The number of hydrazone groups is 1. The second kappa shape index (κ2) is 7.04. The highest BCUT2D eigenvalue weighted by molar-refractivity contribution is 6.30. The smallest absolute Gasteiger partial charge is 0.0814 e. The molecule has 0 bridgehead atoms. The van der Waals surface area contributed by atoms with Crippen molar-refractivity contribution in [3.05, 3.63) is 69.9 Å². The van der Waals surface area contributed by atoms with Crippen molar-refractivity contribution in [1.82, 2.24) is 21.4 Å². The molecule has 0 amide bonds. The number of anilines is 1. The van der Waals surface area contributed by atoms with Gasteiger partial charge in [-0.25, -0.2) is 0 Å². The van der Waals surface area contributed by atoms with Crippen LogP contribution in [-0.4, -0.2) is 24.3 Å².